The lowest BCUT2D eigenvalue weighted by Crippen LogP contribution is -2.20. The van der Waals surface area contributed by atoms with Crippen molar-refractivity contribution in [2.24, 2.45) is 0 Å². The quantitative estimate of drug-likeness (QED) is 0.504. The number of carbonyl (C=O) groups is 1. The molecule has 0 saturated heterocycles. The molecule has 0 spiro atoms. The van der Waals surface area contributed by atoms with Crippen LogP contribution in [-0.2, 0) is 4.79 Å². The van der Waals surface area contributed by atoms with Gasteiger partial charge in [-0.05, 0) is 67.4 Å². The number of anilines is 1. The Labute approximate surface area is 167 Å². The molecule has 0 unspecified atom stereocenters. The molecule has 4 aromatic rings. The molecule has 0 bridgehead atoms. The first-order valence-corrected chi connectivity index (χ1v) is 9.14. The lowest BCUT2D eigenvalue weighted by Gasteiger charge is -2.09. The summed E-state index contributed by atoms with van der Waals surface area (Å²) in [4.78, 5) is 16.6. The van der Waals surface area contributed by atoms with E-state index in [0.29, 0.717) is 22.5 Å². The standard InChI is InChI=1S/C23H19FN2O3/c1-14-9-15(2)11-17(10-14)28-13-22(27)25-16-7-8-21-20(12-16)26-23(29-21)18-5-3-4-6-19(18)24/h3-12H,13H2,1-2H3,(H,25,27). The second kappa shape index (κ2) is 7.75. The highest BCUT2D eigenvalue weighted by Crippen LogP contribution is 2.27. The van der Waals surface area contributed by atoms with Gasteiger partial charge >= 0.3 is 0 Å². The van der Waals surface area contributed by atoms with Crippen molar-refractivity contribution in [3.05, 3.63) is 77.6 Å². The van der Waals surface area contributed by atoms with Crippen LogP contribution in [0.25, 0.3) is 22.6 Å². The van der Waals surface area contributed by atoms with Crippen LogP contribution in [0.3, 0.4) is 0 Å². The fraction of sp³-hybridized carbons (Fsp3) is 0.130. The zero-order valence-electron chi connectivity index (χ0n) is 16.0. The molecule has 0 saturated carbocycles. The highest BCUT2D eigenvalue weighted by atomic mass is 19.1. The van der Waals surface area contributed by atoms with Gasteiger partial charge in [-0.2, -0.15) is 0 Å². The average molecular weight is 390 g/mol. The van der Waals surface area contributed by atoms with Gasteiger partial charge in [-0.15, -0.1) is 0 Å². The number of amides is 1. The number of oxazole rings is 1. The van der Waals surface area contributed by atoms with Crippen molar-refractivity contribution in [2.75, 3.05) is 11.9 Å². The number of aromatic nitrogens is 1. The first-order chi connectivity index (χ1) is 14.0. The van der Waals surface area contributed by atoms with Gasteiger partial charge in [0.05, 0.1) is 5.56 Å². The number of hydrogen-bond donors (Lipinski definition) is 1. The second-order valence-corrected chi connectivity index (χ2v) is 6.84. The minimum Gasteiger partial charge on any atom is -0.484 e. The molecule has 6 heteroatoms. The topological polar surface area (TPSA) is 64.4 Å². The zero-order chi connectivity index (χ0) is 20.4. The Morgan fingerprint density at radius 1 is 1.07 bits per heavy atom. The average Bonchev–Trinajstić information content (AvgIpc) is 3.09. The minimum absolute atomic E-state index is 0.111. The molecule has 1 aromatic heterocycles. The Morgan fingerprint density at radius 3 is 2.59 bits per heavy atom. The summed E-state index contributed by atoms with van der Waals surface area (Å²) >= 11 is 0. The van der Waals surface area contributed by atoms with Crippen molar-refractivity contribution in [2.45, 2.75) is 13.8 Å². The number of nitrogens with zero attached hydrogens (tertiary/aromatic N) is 1. The van der Waals surface area contributed by atoms with E-state index in [4.69, 9.17) is 9.15 Å². The predicted molar refractivity (Wildman–Crippen MR) is 109 cm³/mol. The van der Waals surface area contributed by atoms with Crippen LogP contribution in [-0.4, -0.2) is 17.5 Å². The van der Waals surface area contributed by atoms with Gasteiger partial charge in [-0.3, -0.25) is 4.79 Å². The van der Waals surface area contributed by atoms with Crippen LogP contribution >= 0.6 is 0 Å². The number of fused-ring (bicyclic) bond motifs is 1. The summed E-state index contributed by atoms with van der Waals surface area (Å²) in [5, 5.41) is 2.77. The van der Waals surface area contributed by atoms with E-state index in [-0.39, 0.29) is 24.0 Å². The van der Waals surface area contributed by atoms with Crippen LogP contribution in [0, 0.1) is 19.7 Å². The van der Waals surface area contributed by atoms with Gasteiger partial charge in [0.25, 0.3) is 5.91 Å². The SMILES string of the molecule is Cc1cc(C)cc(OCC(=O)Nc2ccc3oc(-c4ccccc4F)nc3c2)c1. The molecule has 0 aliphatic heterocycles. The molecule has 146 valence electrons. The van der Waals surface area contributed by atoms with Gasteiger partial charge in [0, 0.05) is 5.69 Å². The summed E-state index contributed by atoms with van der Waals surface area (Å²) in [6.45, 7) is 3.84. The van der Waals surface area contributed by atoms with Crippen molar-refractivity contribution in [3.8, 4) is 17.2 Å². The van der Waals surface area contributed by atoms with Crippen molar-refractivity contribution < 1.29 is 18.3 Å². The molecule has 0 fully saturated rings. The number of benzene rings is 3. The molecular formula is C23H19FN2O3. The van der Waals surface area contributed by atoms with Crippen LogP contribution in [0.2, 0.25) is 0 Å². The van der Waals surface area contributed by atoms with E-state index >= 15 is 0 Å². The molecule has 0 radical (unpaired) electrons. The van der Waals surface area contributed by atoms with E-state index in [1.807, 2.05) is 32.0 Å². The smallest absolute Gasteiger partial charge is 0.262 e. The highest BCUT2D eigenvalue weighted by Gasteiger charge is 2.13. The Bertz CT molecular complexity index is 1180. The predicted octanol–water partition coefficient (Wildman–Crippen LogP) is 5.27. The van der Waals surface area contributed by atoms with E-state index in [9.17, 15) is 9.18 Å². The number of hydrogen-bond acceptors (Lipinski definition) is 4. The van der Waals surface area contributed by atoms with Gasteiger partial charge in [0.15, 0.2) is 12.2 Å². The van der Waals surface area contributed by atoms with E-state index < -0.39 is 5.82 Å². The summed E-state index contributed by atoms with van der Waals surface area (Å²) in [6, 6.07) is 17.1. The molecule has 1 N–H and O–H groups in total. The van der Waals surface area contributed by atoms with E-state index in [1.54, 1.807) is 36.4 Å². The molecule has 0 atom stereocenters. The molecule has 1 amide bonds. The fourth-order valence-corrected chi connectivity index (χ4v) is 3.12. The maximum absolute atomic E-state index is 14.0. The Hall–Kier alpha value is -3.67. The molecule has 4 rings (SSSR count). The fourth-order valence-electron chi connectivity index (χ4n) is 3.12. The molecule has 0 aliphatic rings. The summed E-state index contributed by atoms with van der Waals surface area (Å²) in [6.07, 6.45) is 0. The number of aryl methyl sites for hydroxylation is 2. The minimum atomic E-state index is -0.406. The van der Waals surface area contributed by atoms with Crippen molar-refractivity contribution in [1.29, 1.82) is 0 Å². The molecule has 3 aromatic carbocycles. The molecular weight excluding hydrogens is 371 g/mol. The van der Waals surface area contributed by atoms with Crippen molar-refractivity contribution in [1.82, 2.24) is 4.98 Å². The number of halogens is 1. The summed E-state index contributed by atoms with van der Waals surface area (Å²) in [5.74, 6) is 0.149. The van der Waals surface area contributed by atoms with Crippen molar-refractivity contribution >= 4 is 22.7 Å². The Morgan fingerprint density at radius 2 is 1.83 bits per heavy atom. The maximum Gasteiger partial charge on any atom is 0.262 e. The van der Waals surface area contributed by atoms with Gasteiger partial charge in [-0.25, -0.2) is 9.37 Å². The van der Waals surface area contributed by atoms with Crippen LogP contribution < -0.4 is 10.1 Å². The Kier molecular flexibility index (Phi) is 4.99. The zero-order valence-corrected chi connectivity index (χ0v) is 16.0. The van der Waals surface area contributed by atoms with Crippen LogP contribution in [0.5, 0.6) is 5.75 Å². The molecule has 29 heavy (non-hydrogen) atoms. The third kappa shape index (κ3) is 4.27. The van der Waals surface area contributed by atoms with E-state index in [1.165, 1.54) is 6.07 Å². The first-order valence-electron chi connectivity index (χ1n) is 9.14. The largest absolute Gasteiger partial charge is 0.484 e. The summed E-state index contributed by atoms with van der Waals surface area (Å²) in [7, 11) is 0. The number of nitrogens with one attached hydrogen (secondary N) is 1. The second-order valence-electron chi connectivity index (χ2n) is 6.84. The number of rotatable bonds is 5. The van der Waals surface area contributed by atoms with Gasteiger partial charge < -0.3 is 14.5 Å². The number of carbonyl (C=O) groups excluding carboxylic acids is 1. The molecule has 5 nitrogen and oxygen atoms in total. The van der Waals surface area contributed by atoms with E-state index in [0.717, 1.165) is 11.1 Å². The van der Waals surface area contributed by atoms with Crippen LogP contribution in [0.15, 0.2) is 65.1 Å². The summed E-state index contributed by atoms with van der Waals surface area (Å²) in [5.41, 5.74) is 4.02. The lowest BCUT2D eigenvalue weighted by molar-refractivity contribution is -0.118. The molecule has 1 heterocycles. The Balaban J connectivity index is 1.46. The number of ether oxygens (including phenoxy) is 1. The van der Waals surface area contributed by atoms with Crippen LogP contribution in [0.1, 0.15) is 11.1 Å². The van der Waals surface area contributed by atoms with Crippen molar-refractivity contribution in [3.63, 3.8) is 0 Å². The highest BCUT2D eigenvalue weighted by molar-refractivity contribution is 5.94. The monoisotopic (exact) mass is 390 g/mol. The first kappa shape index (κ1) is 18.7. The molecule has 0 aliphatic carbocycles. The van der Waals surface area contributed by atoms with Gasteiger partial charge in [0.1, 0.15) is 17.1 Å². The van der Waals surface area contributed by atoms with Crippen LogP contribution in [0.4, 0.5) is 10.1 Å². The summed E-state index contributed by atoms with van der Waals surface area (Å²) < 4.78 is 25.2. The van der Waals surface area contributed by atoms with E-state index in [2.05, 4.69) is 10.3 Å². The maximum atomic E-state index is 14.0. The van der Waals surface area contributed by atoms with Gasteiger partial charge in [0.2, 0.25) is 5.89 Å². The third-order valence-corrected chi connectivity index (χ3v) is 4.34. The lowest BCUT2D eigenvalue weighted by atomic mass is 10.1. The van der Waals surface area contributed by atoms with Gasteiger partial charge in [-0.1, -0.05) is 18.2 Å². The third-order valence-electron chi connectivity index (χ3n) is 4.34. The normalized spacial score (nSPS) is 10.9.